The van der Waals surface area contributed by atoms with Crippen LogP contribution in [0.4, 0.5) is 0 Å². The third-order valence-corrected chi connectivity index (χ3v) is 11.8. The first-order valence-corrected chi connectivity index (χ1v) is 24.9. The first-order valence-electron chi connectivity index (χ1n) is 23.6. The van der Waals surface area contributed by atoms with E-state index in [1.54, 1.807) is 0 Å². The number of rotatable bonds is 40. The van der Waals surface area contributed by atoms with E-state index in [1.807, 2.05) is 0 Å². The van der Waals surface area contributed by atoms with Crippen LogP contribution in [0.5, 0.6) is 0 Å². The zero-order valence-electron chi connectivity index (χ0n) is 36.6. The van der Waals surface area contributed by atoms with Crippen molar-refractivity contribution in [1.82, 2.24) is 5.32 Å². The van der Waals surface area contributed by atoms with Crippen LogP contribution in [0.2, 0.25) is 0 Å². The first kappa shape index (κ1) is 54.9. The number of carbonyl (C=O) groups is 1. The van der Waals surface area contributed by atoms with E-state index in [0.29, 0.717) is 12.8 Å². The Balaban J connectivity index is 2.49. The summed E-state index contributed by atoms with van der Waals surface area (Å²) >= 11 is 0. The van der Waals surface area contributed by atoms with Gasteiger partial charge in [0.25, 0.3) is 0 Å². The van der Waals surface area contributed by atoms with Gasteiger partial charge in [-0.1, -0.05) is 180 Å². The Kier molecular flexibility index (Phi) is 34.5. The molecule has 1 aliphatic heterocycles. The molecule has 1 saturated heterocycles. The van der Waals surface area contributed by atoms with Crippen LogP contribution >= 0.6 is 0 Å². The van der Waals surface area contributed by atoms with Crippen LogP contribution in [-0.4, -0.2) is 95.4 Å². The Morgan fingerprint density at radius 3 is 1.55 bits per heavy atom. The zero-order valence-corrected chi connectivity index (χ0v) is 37.4. The van der Waals surface area contributed by atoms with Crippen LogP contribution < -0.4 is 5.32 Å². The number of aliphatic hydroxyl groups is 4. The first-order chi connectivity index (χ1) is 28.0. The number of ether oxygens (including phenoxy) is 2. The quantitative estimate of drug-likeness (QED) is 0.0196. The van der Waals surface area contributed by atoms with E-state index in [2.05, 4.69) is 35.5 Å². The molecule has 1 aliphatic rings. The number of allylic oxidation sites excluding steroid dienone is 2. The van der Waals surface area contributed by atoms with Crippen LogP contribution in [-0.2, 0) is 28.9 Å². The lowest BCUT2D eigenvalue weighted by molar-refractivity contribution is -0.298. The van der Waals surface area contributed by atoms with Gasteiger partial charge in [0.15, 0.2) is 6.29 Å². The van der Waals surface area contributed by atoms with Crippen LogP contribution in [0.15, 0.2) is 12.2 Å². The molecule has 0 radical (unpaired) electrons. The Hall–Kier alpha value is -1.16. The number of hydrogen-bond acceptors (Lipinski definition) is 10. The molecule has 1 amide bonds. The van der Waals surface area contributed by atoms with Gasteiger partial charge in [0.05, 0.1) is 25.4 Å². The van der Waals surface area contributed by atoms with Gasteiger partial charge < -0.3 is 35.2 Å². The highest BCUT2D eigenvalue weighted by Crippen LogP contribution is 2.26. The van der Waals surface area contributed by atoms with E-state index < -0.39 is 59.9 Å². The van der Waals surface area contributed by atoms with Crippen LogP contribution in [0.25, 0.3) is 0 Å². The molecule has 1 heterocycles. The average molecular weight is 850 g/mol. The van der Waals surface area contributed by atoms with Gasteiger partial charge in [0, 0.05) is 6.42 Å². The van der Waals surface area contributed by atoms with E-state index in [0.717, 1.165) is 51.4 Å². The highest BCUT2D eigenvalue weighted by atomic mass is 32.3. The van der Waals surface area contributed by atoms with Crippen LogP contribution in [0, 0.1) is 0 Å². The largest absolute Gasteiger partial charge is 0.397 e. The summed E-state index contributed by atoms with van der Waals surface area (Å²) in [5.74, 6) is -0.245. The summed E-state index contributed by atoms with van der Waals surface area (Å²) < 4.78 is 47.6. The zero-order chi connectivity index (χ0) is 42.7. The fourth-order valence-corrected chi connectivity index (χ4v) is 8.14. The molecule has 1 rings (SSSR count). The predicted octanol–water partition coefficient (Wildman–Crippen LogP) is 9.16. The van der Waals surface area contributed by atoms with Crippen molar-refractivity contribution in [2.75, 3.05) is 13.2 Å². The SMILES string of the molecule is CCCCCCCC/C=C\CCCCCC(=O)NC(COC1OC(CO)C(O)C(OS(=O)(=O)O)C1O)C(O)CCCCCCCCCCCCCCCCCCCC. The molecular weight excluding hydrogens is 763 g/mol. The topological polar surface area (TPSA) is 192 Å². The molecule has 0 spiro atoms. The van der Waals surface area contributed by atoms with Gasteiger partial charge >= 0.3 is 10.4 Å². The van der Waals surface area contributed by atoms with Crippen LogP contribution in [0.3, 0.4) is 0 Å². The maximum Gasteiger partial charge on any atom is 0.397 e. The van der Waals surface area contributed by atoms with Gasteiger partial charge in [0.1, 0.15) is 24.4 Å². The Labute approximate surface area is 353 Å². The van der Waals surface area contributed by atoms with E-state index in [4.69, 9.17) is 9.47 Å². The van der Waals surface area contributed by atoms with E-state index >= 15 is 0 Å². The van der Waals surface area contributed by atoms with E-state index in [-0.39, 0.29) is 18.9 Å². The van der Waals surface area contributed by atoms with Crippen LogP contribution in [0.1, 0.15) is 213 Å². The second-order valence-corrected chi connectivity index (χ2v) is 17.7. The molecule has 0 bridgehead atoms. The number of unbranched alkanes of at least 4 members (excludes halogenated alkanes) is 26. The van der Waals surface area contributed by atoms with Crippen molar-refractivity contribution in [1.29, 1.82) is 0 Å². The molecule has 6 N–H and O–H groups in total. The molecule has 0 aromatic carbocycles. The number of aliphatic hydroxyl groups excluding tert-OH is 4. The molecular formula is C45H87NO11S. The van der Waals surface area contributed by atoms with Gasteiger partial charge in [-0.3, -0.25) is 9.35 Å². The molecule has 0 aliphatic carbocycles. The average Bonchev–Trinajstić information content (AvgIpc) is 3.19. The summed E-state index contributed by atoms with van der Waals surface area (Å²) in [6, 6.07) is -0.862. The summed E-state index contributed by atoms with van der Waals surface area (Å²) in [6.07, 6.45) is 30.7. The van der Waals surface area contributed by atoms with Crippen molar-refractivity contribution in [3.63, 3.8) is 0 Å². The molecule has 344 valence electrons. The summed E-state index contributed by atoms with van der Waals surface area (Å²) in [4.78, 5) is 13.0. The molecule has 7 atom stereocenters. The van der Waals surface area contributed by atoms with Gasteiger partial charge in [-0.05, 0) is 38.5 Å². The van der Waals surface area contributed by atoms with Crippen molar-refractivity contribution in [3.05, 3.63) is 12.2 Å². The number of hydrogen-bond donors (Lipinski definition) is 6. The van der Waals surface area contributed by atoms with Crippen molar-refractivity contribution in [2.24, 2.45) is 0 Å². The monoisotopic (exact) mass is 850 g/mol. The van der Waals surface area contributed by atoms with Crippen molar-refractivity contribution < 1.29 is 51.8 Å². The Morgan fingerprint density at radius 2 is 1.10 bits per heavy atom. The molecule has 7 unspecified atom stereocenters. The van der Waals surface area contributed by atoms with Crippen molar-refractivity contribution >= 4 is 16.3 Å². The molecule has 1 fully saturated rings. The van der Waals surface area contributed by atoms with Gasteiger partial charge in [0.2, 0.25) is 5.91 Å². The fourth-order valence-electron chi connectivity index (χ4n) is 7.63. The normalized spacial score (nSPS) is 21.1. The summed E-state index contributed by atoms with van der Waals surface area (Å²) in [5, 5.41) is 44.8. The lowest BCUT2D eigenvalue weighted by Crippen LogP contribution is -2.61. The smallest absolute Gasteiger partial charge is 0.394 e. The minimum absolute atomic E-state index is 0.245. The van der Waals surface area contributed by atoms with Gasteiger partial charge in [-0.25, -0.2) is 4.18 Å². The van der Waals surface area contributed by atoms with E-state index in [1.165, 1.54) is 128 Å². The predicted molar refractivity (Wildman–Crippen MR) is 232 cm³/mol. The number of nitrogens with one attached hydrogen (secondary N) is 1. The molecule has 58 heavy (non-hydrogen) atoms. The number of carbonyl (C=O) groups excluding carboxylic acids is 1. The lowest BCUT2D eigenvalue weighted by Gasteiger charge is -2.41. The lowest BCUT2D eigenvalue weighted by atomic mass is 9.99. The van der Waals surface area contributed by atoms with E-state index in [9.17, 15) is 38.2 Å². The van der Waals surface area contributed by atoms with Gasteiger partial charge in [-0.2, -0.15) is 8.42 Å². The van der Waals surface area contributed by atoms with Crippen molar-refractivity contribution in [3.8, 4) is 0 Å². The molecule has 0 aromatic heterocycles. The summed E-state index contributed by atoms with van der Waals surface area (Å²) in [6.45, 7) is 3.43. The third kappa shape index (κ3) is 29.2. The number of amides is 1. The molecule has 12 nitrogen and oxygen atoms in total. The minimum atomic E-state index is -5.07. The molecule has 0 aromatic rings. The molecule has 13 heteroatoms. The summed E-state index contributed by atoms with van der Waals surface area (Å²) in [7, 11) is -5.07. The maximum atomic E-state index is 13.0. The highest BCUT2D eigenvalue weighted by Gasteiger charge is 2.48. The Morgan fingerprint density at radius 1 is 0.672 bits per heavy atom. The van der Waals surface area contributed by atoms with Gasteiger partial charge in [-0.15, -0.1) is 0 Å². The second kappa shape index (κ2) is 36.5. The van der Waals surface area contributed by atoms with Crippen molar-refractivity contribution in [2.45, 2.75) is 256 Å². The second-order valence-electron chi connectivity index (χ2n) is 16.7. The molecule has 0 saturated carbocycles. The summed E-state index contributed by atoms with van der Waals surface area (Å²) in [5.41, 5.74) is 0. The Bertz CT molecular complexity index is 1090. The standard InChI is InChI=1S/C45H87NO11S/c1-3-5-7-9-11-13-15-17-18-19-20-21-23-24-26-28-30-32-34-39(48)38(37-55-45-43(51)44(57-58(52,53)54)42(50)40(36-47)56-45)46-41(49)35-33-31-29-27-25-22-16-14-12-10-8-6-4-2/h22,25,38-40,42-45,47-48,50-51H,3-21,23-24,26-37H2,1-2H3,(H,46,49)(H,52,53,54)/b25-22-. The third-order valence-electron chi connectivity index (χ3n) is 11.3. The maximum absolute atomic E-state index is 13.0. The highest BCUT2D eigenvalue weighted by molar-refractivity contribution is 7.80. The fraction of sp³-hybridized carbons (Fsp3) is 0.933. The minimum Gasteiger partial charge on any atom is -0.394 e.